The van der Waals surface area contributed by atoms with Crippen LogP contribution in [0.2, 0.25) is 0 Å². The number of nitrogens with two attached hydrogens (primary N) is 3. The van der Waals surface area contributed by atoms with Crippen LogP contribution in [-0.4, -0.2) is 71.1 Å². The van der Waals surface area contributed by atoms with Crippen LogP contribution in [0, 0.1) is 5.41 Å². The van der Waals surface area contributed by atoms with E-state index in [9.17, 15) is 19.2 Å². The van der Waals surface area contributed by atoms with E-state index in [1.807, 2.05) is 0 Å². The van der Waals surface area contributed by atoms with Gasteiger partial charge < -0.3 is 43.4 Å². The van der Waals surface area contributed by atoms with Crippen molar-refractivity contribution in [2.75, 3.05) is 13.1 Å². The maximum atomic E-state index is 12.5. The third-order valence-electron chi connectivity index (χ3n) is 3.92. The first-order valence-corrected chi connectivity index (χ1v) is 9.17. The first-order valence-electron chi connectivity index (χ1n) is 9.17. The Morgan fingerprint density at radius 3 is 2.07 bits per heavy atom. The minimum atomic E-state index is -1.65. The molecule has 12 N–H and O–H groups in total. The number of unbranched alkanes of at least 4 members (excludes halogenated alkanes) is 1. The largest absolute Gasteiger partial charge is 0.481 e. The average molecular weight is 417 g/mol. The molecule has 0 fully saturated rings. The van der Waals surface area contributed by atoms with Gasteiger partial charge in [0.05, 0.1) is 12.5 Å². The van der Waals surface area contributed by atoms with Gasteiger partial charge in [0.1, 0.15) is 12.1 Å². The molecular formula is C16H31N7O6. The fourth-order valence-corrected chi connectivity index (χ4v) is 2.36. The number of hydrogen-bond donors (Lipinski definition) is 9. The predicted octanol–water partition coefficient (Wildman–Crippen LogP) is -2.77. The monoisotopic (exact) mass is 417 g/mol. The van der Waals surface area contributed by atoms with E-state index in [1.165, 1.54) is 0 Å². The van der Waals surface area contributed by atoms with E-state index in [-0.39, 0.29) is 18.9 Å². The Morgan fingerprint density at radius 1 is 0.931 bits per heavy atom. The van der Waals surface area contributed by atoms with Crippen molar-refractivity contribution in [1.29, 1.82) is 5.41 Å². The van der Waals surface area contributed by atoms with Gasteiger partial charge in [-0.3, -0.25) is 19.8 Å². The summed E-state index contributed by atoms with van der Waals surface area (Å²) < 4.78 is 0. The lowest BCUT2D eigenvalue weighted by molar-refractivity contribution is -0.147. The van der Waals surface area contributed by atoms with Gasteiger partial charge in [0.25, 0.3) is 0 Å². The van der Waals surface area contributed by atoms with E-state index >= 15 is 0 Å². The smallest absolute Gasteiger partial charge is 0.326 e. The molecule has 0 saturated carbocycles. The summed E-state index contributed by atoms with van der Waals surface area (Å²) in [6.45, 7) is 0.706. The first kappa shape index (κ1) is 26.1. The number of amides is 2. The molecule has 2 amide bonds. The standard InChI is InChI=1S/C16H31N7O6/c17-6-2-1-4-9(18)13(26)22-10(5-3-7-21-16(19)20)14(27)23-11(15(28)29)8-12(24)25/h9-11H,1-8,17-18H2,(H,22,26)(H,23,27)(H,24,25)(H,28,29)(H4,19,20,21)/t9-,10-,11-/m0/s1. The van der Waals surface area contributed by atoms with Crippen molar-refractivity contribution in [1.82, 2.24) is 16.0 Å². The van der Waals surface area contributed by atoms with Crippen LogP contribution < -0.4 is 33.2 Å². The highest BCUT2D eigenvalue weighted by Gasteiger charge is 2.29. The number of aliphatic carboxylic acids is 2. The van der Waals surface area contributed by atoms with Gasteiger partial charge in [-0.1, -0.05) is 6.42 Å². The van der Waals surface area contributed by atoms with Crippen LogP contribution in [0.3, 0.4) is 0 Å². The van der Waals surface area contributed by atoms with Crippen molar-refractivity contribution in [3.8, 4) is 0 Å². The average Bonchev–Trinajstić information content (AvgIpc) is 2.62. The second kappa shape index (κ2) is 14.1. The molecule has 13 nitrogen and oxygen atoms in total. The fraction of sp³-hybridized carbons (Fsp3) is 0.688. The molecule has 13 heteroatoms. The predicted molar refractivity (Wildman–Crippen MR) is 104 cm³/mol. The van der Waals surface area contributed by atoms with Crippen LogP contribution in [0.4, 0.5) is 0 Å². The highest BCUT2D eigenvalue weighted by molar-refractivity contribution is 5.92. The molecule has 0 heterocycles. The normalized spacial score (nSPS) is 13.6. The van der Waals surface area contributed by atoms with Gasteiger partial charge >= 0.3 is 11.9 Å². The molecule has 0 unspecified atom stereocenters. The van der Waals surface area contributed by atoms with Gasteiger partial charge in [0.15, 0.2) is 5.96 Å². The highest BCUT2D eigenvalue weighted by atomic mass is 16.4. The van der Waals surface area contributed by atoms with Gasteiger partial charge in [-0.2, -0.15) is 0 Å². The number of carbonyl (C=O) groups excluding carboxylic acids is 2. The Bertz CT molecular complexity index is 586. The van der Waals surface area contributed by atoms with Crippen LogP contribution in [0.15, 0.2) is 0 Å². The molecule has 166 valence electrons. The van der Waals surface area contributed by atoms with E-state index in [0.29, 0.717) is 32.2 Å². The molecule has 3 atom stereocenters. The number of hydrogen-bond acceptors (Lipinski definition) is 7. The number of carboxylic acids is 2. The lowest BCUT2D eigenvalue weighted by Crippen LogP contribution is -2.54. The molecule has 0 aliphatic heterocycles. The van der Waals surface area contributed by atoms with Gasteiger partial charge in [-0.25, -0.2) is 4.79 Å². The van der Waals surface area contributed by atoms with Crippen molar-refractivity contribution in [2.24, 2.45) is 17.2 Å². The molecule has 0 aliphatic rings. The van der Waals surface area contributed by atoms with E-state index in [2.05, 4.69) is 16.0 Å². The van der Waals surface area contributed by atoms with E-state index in [1.54, 1.807) is 0 Å². The first-order chi connectivity index (χ1) is 13.6. The van der Waals surface area contributed by atoms with Gasteiger partial charge in [0, 0.05) is 6.54 Å². The molecule has 0 aromatic rings. The number of guanidine groups is 1. The lowest BCUT2D eigenvalue weighted by atomic mass is 10.1. The van der Waals surface area contributed by atoms with E-state index in [0.717, 1.165) is 0 Å². The molecule has 0 bridgehead atoms. The van der Waals surface area contributed by atoms with E-state index in [4.69, 9.17) is 32.8 Å². The van der Waals surface area contributed by atoms with Gasteiger partial charge in [-0.05, 0) is 32.2 Å². The summed E-state index contributed by atoms with van der Waals surface area (Å²) in [6, 6.07) is -3.65. The van der Waals surface area contributed by atoms with Gasteiger partial charge in [0.2, 0.25) is 11.8 Å². The molecule has 29 heavy (non-hydrogen) atoms. The quantitative estimate of drug-likeness (QED) is 0.0753. The fourth-order valence-electron chi connectivity index (χ4n) is 2.36. The maximum Gasteiger partial charge on any atom is 0.326 e. The SMILES string of the molecule is N=C(N)NCCC[C@H](NC(=O)[C@@H](N)CCCCN)C(=O)N[C@@H](CC(=O)O)C(=O)O. The zero-order valence-electron chi connectivity index (χ0n) is 16.1. The second-order valence-electron chi connectivity index (χ2n) is 6.43. The maximum absolute atomic E-state index is 12.5. The zero-order valence-corrected chi connectivity index (χ0v) is 16.1. The van der Waals surface area contributed by atoms with Crippen molar-refractivity contribution < 1.29 is 29.4 Å². The third-order valence-corrected chi connectivity index (χ3v) is 3.92. The number of rotatable bonds is 15. The number of carboxylic acid groups (broad SMARTS) is 2. The van der Waals surface area contributed by atoms with Crippen LogP contribution in [-0.2, 0) is 19.2 Å². The zero-order chi connectivity index (χ0) is 22.4. The highest BCUT2D eigenvalue weighted by Crippen LogP contribution is 2.03. The summed E-state index contributed by atoms with van der Waals surface area (Å²) in [4.78, 5) is 46.7. The Kier molecular flexibility index (Phi) is 12.7. The second-order valence-corrected chi connectivity index (χ2v) is 6.43. The van der Waals surface area contributed by atoms with Crippen molar-refractivity contribution in [3.63, 3.8) is 0 Å². The summed E-state index contributed by atoms with van der Waals surface area (Å²) in [7, 11) is 0. The number of carbonyl (C=O) groups is 4. The minimum Gasteiger partial charge on any atom is -0.481 e. The van der Waals surface area contributed by atoms with Crippen molar-refractivity contribution in [3.05, 3.63) is 0 Å². The summed E-state index contributed by atoms with van der Waals surface area (Å²) in [5.41, 5.74) is 16.4. The lowest BCUT2D eigenvalue weighted by Gasteiger charge is -2.22. The molecule has 0 rings (SSSR count). The molecule has 0 aromatic heterocycles. The van der Waals surface area contributed by atoms with Crippen LogP contribution in [0.1, 0.15) is 38.5 Å². The van der Waals surface area contributed by atoms with Gasteiger partial charge in [-0.15, -0.1) is 0 Å². The minimum absolute atomic E-state index is 0.0901. The van der Waals surface area contributed by atoms with E-state index < -0.39 is 48.3 Å². The summed E-state index contributed by atoms with van der Waals surface area (Å²) >= 11 is 0. The molecule has 0 saturated heterocycles. The van der Waals surface area contributed by atoms with Crippen LogP contribution in [0.25, 0.3) is 0 Å². The Morgan fingerprint density at radius 2 is 1.55 bits per heavy atom. The summed E-state index contributed by atoms with van der Waals surface area (Å²) in [6.07, 6.45) is 1.28. The van der Waals surface area contributed by atoms with Crippen LogP contribution in [0.5, 0.6) is 0 Å². The van der Waals surface area contributed by atoms with Crippen molar-refractivity contribution in [2.45, 2.75) is 56.7 Å². The van der Waals surface area contributed by atoms with Crippen molar-refractivity contribution >= 4 is 29.7 Å². The molecule has 0 aliphatic carbocycles. The molecule has 0 aromatic carbocycles. The van der Waals surface area contributed by atoms with Crippen LogP contribution >= 0.6 is 0 Å². The Hall–Kier alpha value is -2.93. The molecular weight excluding hydrogens is 386 g/mol. The Labute approximate surface area is 168 Å². The summed E-state index contributed by atoms with van der Waals surface area (Å²) in [5, 5.41) is 32.1. The Balaban J connectivity index is 5.02. The molecule has 0 spiro atoms. The molecule has 0 radical (unpaired) electrons. The number of nitrogens with one attached hydrogen (secondary N) is 4. The third kappa shape index (κ3) is 12.2. The summed E-state index contributed by atoms with van der Waals surface area (Å²) in [5.74, 6) is -4.60. The topological polar surface area (TPSA) is 247 Å².